The molecule has 8 heteroatoms. The second-order valence-electron chi connectivity index (χ2n) is 3.12. The van der Waals surface area contributed by atoms with Crippen LogP contribution in [-0.4, -0.2) is 13.0 Å². The van der Waals surface area contributed by atoms with Crippen LogP contribution in [-0.2, 0) is 22.7 Å². The molecule has 17 heavy (non-hydrogen) atoms. The number of hydrogen-bond acceptors (Lipinski definition) is 2. The van der Waals surface area contributed by atoms with Crippen molar-refractivity contribution in [2.75, 3.05) is 0 Å². The topological polar surface area (TPSA) is 54.4 Å². The number of benzene rings is 1. The van der Waals surface area contributed by atoms with E-state index in [-0.39, 0.29) is 43.0 Å². The van der Waals surface area contributed by atoms with Crippen LogP contribution in [0.5, 0.6) is 0 Å². The molecule has 0 aliphatic rings. The van der Waals surface area contributed by atoms with E-state index in [0.717, 1.165) is 6.07 Å². The molecule has 0 aromatic heterocycles. The van der Waals surface area contributed by atoms with Crippen LogP contribution in [0.3, 0.4) is 0 Å². The van der Waals surface area contributed by atoms with Crippen molar-refractivity contribution in [1.29, 1.82) is 0 Å². The molecule has 0 fully saturated rings. The molecule has 1 rings (SSSR count). The summed E-state index contributed by atoms with van der Waals surface area (Å²) in [5.74, 6) is 0. The summed E-state index contributed by atoms with van der Waals surface area (Å²) in [6.45, 7) is 1.50. The largest absolute Gasteiger partial charge is 1.00 e. The Labute approximate surface area is 121 Å². The predicted molar refractivity (Wildman–Crippen MR) is 51.7 cm³/mol. The van der Waals surface area contributed by atoms with Crippen LogP contribution in [0.1, 0.15) is 19.5 Å². The molecule has 0 amide bonds. The van der Waals surface area contributed by atoms with Gasteiger partial charge in [0.15, 0.2) is 0 Å². The number of hydrogen-bond donors (Lipinski definition) is 1. The van der Waals surface area contributed by atoms with Crippen LogP contribution in [0.4, 0.5) is 13.2 Å². The number of rotatable bonds is 2. The maximum atomic E-state index is 12.5. The van der Waals surface area contributed by atoms with Crippen LogP contribution < -0.4 is 29.6 Å². The van der Waals surface area contributed by atoms with E-state index in [0.29, 0.717) is 6.07 Å². The van der Waals surface area contributed by atoms with Gasteiger partial charge < -0.3 is 1.43 Å². The van der Waals surface area contributed by atoms with Gasteiger partial charge >= 0.3 is 35.7 Å². The Balaban J connectivity index is 0. The Morgan fingerprint density at radius 2 is 1.88 bits per heavy atom. The van der Waals surface area contributed by atoms with Gasteiger partial charge in [0.05, 0.1) is 5.56 Å². The Morgan fingerprint density at radius 1 is 1.35 bits per heavy atom. The molecule has 0 unspecified atom stereocenters. The molecule has 0 aliphatic carbocycles. The smallest absolute Gasteiger partial charge is 1.00 e. The van der Waals surface area contributed by atoms with E-state index in [2.05, 4.69) is 0 Å². The van der Waals surface area contributed by atoms with Gasteiger partial charge in [0.25, 0.3) is 10.1 Å². The Bertz CT molecular complexity index is 502. The van der Waals surface area contributed by atoms with Crippen molar-refractivity contribution in [3.8, 4) is 0 Å². The van der Waals surface area contributed by atoms with Gasteiger partial charge in [-0.3, -0.25) is 4.55 Å². The molecular formula is C9H10F3NaO3S. The van der Waals surface area contributed by atoms with Crippen molar-refractivity contribution in [2.45, 2.75) is 24.4 Å². The van der Waals surface area contributed by atoms with E-state index in [4.69, 9.17) is 4.55 Å². The third kappa shape index (κ3) is 3.96. The van der Waals surface area contributed by atoms with Gasteiger partial charge in [-0.25, -0.2) is 0 Å². The van der Waals surface area contributed by atoms with Gasteiger partial charge in [-0.1, -0.05) is 19.1 Å². The summed E-state index contributed by atoms with van der Waals surface area (Å²) < 4.78 is 68.2. The summed E-state index contributed by atoms with van der Waals surface area (Å²) in [7, 11) is -4.88. The Kier molecular flexibility index (Phi) is 5.68. The summed E-state index contributed by atoms with van der Waals surface area (Å²) in [5, 5.41) is 0. The standard InChI is InChI=1S/C9H9F3O3S.Na.H/c1-2-6-4-3-5-7(9(10,11)12)8(6)16(13,14)15;;/h3-5H,2H2,1H3,(H,13,14,15);;/q;+1;-1. The van der Waals surface area contributed by atoms with E-state index in [1.165, 1.54) is 13.0 Å². The second-order valence-corrected chi connectivity index (χ2v) is 4.48. The molecule has 0 heterocycles. The average molecular weight is 278 g/mol. The molecule has 3 nitrogen and oxygen atoms in total. The van der Waals surface area contributed by atoms with Crippen LogP contribution in [0.2, 0.25) is 0 Å². The molecule has 0 radical (unpaired) electrons. The fourth-order valence-corrected chi connectivity index (χ4v) is 2.40. The first kappa shape index (κ1) is 16.9. The van der Waals surface area contributed by atoms with Crippen molar-refractivity contribution in [3.05, 3.63) is 29.3 Å². The zero-order valence-electron chi connectivity index (χ0n) is 10.2. The molecule has 0 aliphatic heterocycles. The van der Waals surface area contributed by atoms with Crippen LogP contribution in [0, 0.1) is 0 Å². The van der Waals surface area contributed by atoms with E-state index < -0.39 is 26.8 Å². The molecule has 1 aromatic rings. The molecule has 0 spiro atoms. The van der Waals surface area contributed by atoms with Crippen LogP contribution in [0.15, 0.2) is 23.1 Å². The van der Waals surface area contributed by atoms with Crippen LogP contribution >= 0.6 is 0 Å². The molecule has 1 aromatic carbocycles. The SMILES string of the molecule is CCc1cccc(C(F)(F)F)c1S(=O)(=O)O.[H-].[Na+]. The zero-order valence-corrected chi connectivity index (χ0v) is 12.1. The minimum atomic E-state index is -4.88. The molecule has 1 N–H and O–H groups in total. The molecule has 0 atom stereocenters. The van der Waals surface area contributed by atoms with Gasteiger partial charge in [-0.2, -0.15) is 21.6 Å². The Morgan fingerprint density at radius 3 is 2.24 bits per heavy atom. The van der Waals surface area contributed by atoms with Gasteiger partial charge in [-0.15, -0.1) is 0 Å². The number of halogens is 3. The monoisotopic (exact) mass is 278 g/mol. The number of alkyl halides is 3. The summed E-state index contributed by atoms with van der Waals surface area (Å²) >= 11 is 0. The average Bonchev–Trinajstić information content (AvgIpc) is 2.13. The maximum absolute atomic E-state index is 12.5. The minimum Gasteiger partial charge on any atom is -1.00 e. The van der Waals surface area contributed by atoms with E-state index in [9.17, 15) is 21.6 Å². The van der Waals surface area contributed by atoms with Gasteiger partial charge in [0, 0.05) is 0 Å². The predicted octanol–water partition coefficient (Wildman–Crippen LogP) is -0.369. The van der Waals surface area contributed by atoms with Crippen molar-refractivity contribution in [1.82, 2.24) is 0 Å². The zero-order chi connectivity index (χ0) is 12.6. The molecular weight excluding hydrogens is 268 g/mol. The quantitative estimate of drug-likeness (QED) is 0.593. The third-order valence-electron chi connectivity index (χ3n) is 2.04. The van der Waals surface area contributed by atoms with E-state index >= 15 is 0 Å². The van der Waals surface area contributed by atoms with Crippen LogP contribution in [0.25, 0.3) is 0 Å². The summed E-state index contributed by atoms with van der Waals surface area (Å²) in [4.78, 5) is -1.05. The fraction of sp³-hybridized carbons (Fsp3) is 0.333. The van der Waals surface area contributed by atoms with Gasteiger partial charge in [0.2, 0.25) is 0 Å². The normalized spacial score (nSPS) is 12.1. The minimum absolute atomic E-state index is 0. The van der Waals surface area contributed by atoms with Crippen molar-refractivity contribution in [3.63, 3.8) is 0 Å². The third-order valence-corrected chi connectivity index (χ3v) is 3.04. The molecule has 0 bridgehead atoms. The summed E-state index contributed by atoms with van der Waals surface area (Å²) in [6.07, 6.45) is -4.73. The molecule has 0 saturated carbocycles. The van der Waals surface area contributed by atoms with Gasteiger partial charge in [0.1, 0.15) is 4.90 Å². The second kappa shape index (κ2) is 5.71. The first-order valence-corrected chi connectivity index (χ1v) is 5.78. The van der Waals surface area contributed by atoms with E-state index in [1.807, 2.05) is 0 Å². The Hall–Kier alpha value is -0.0800. The number of aryl methyl sites for hydroxylation is 1. The summed E-state index contributed by atoms with van der Waals surface area (Å²) in [5.41, 5.74) is -1.40. The van der Waals surface area contributed by atoms with Crippen molar-refractivity contribution < 1.29 is 57.1 Å². The van der Waals surface area contributed by atoms with Crippen molar-refractivity contribution >= 4 is 10.1 Å². The van der Waals surface area contributed by atoms with Gasteiger partial charge in [-0.05, 0) is 18.1 Å². The first-order valence-electron chi connectivity index (χ1n) is 4.34. The van der Waals surface area contributed by atoms with E-state index in [1.54, 1.807) is 0 Å². The van der Waals surface area contributed by atoms with Crippen molar-refractivity contribution in [2.24, 2.45) is 0 Å². The summed E-state index contributed by atoms with van der Waals surface area (Å²) in [6, 6.07) is 2.97. The molecule has 0 saturated heterocycles. The first-order chi connectivity index (χ1) is 7.18. The fourth-order valence-electron chi connectivity index (χ4n) is 1.39. The molecule has 92 valence electrons. The maximum Gasteiger partial charge on any atom is 1.00 e.